The summed E-state index contributed by atoms with van der Waals surface area (Å²) in [6.45, 7) is 3.74. The Morgan fingerprint density at radius 2 is 1.77 bits per heavy atom. The second kappa shape index (κ2) is 7.55. The minimum absolute atomic E-state index is 0.0364. The molecule has 0 bridgehead atoms. The molecule has 0 aliphatic carbocycles. The molecule has 0 saturated carbocycles. The monoisotopic (exact) mass is 415 g/mol. The lowest BCUT2D eigenvalue weighted by molar-refractivity contribution is 0.104. The molecular formula is C24H21N3O2S. The molecule has 1 aliphatic rings. The van der Waals surface area contributed by atoms with Crippen LogP contribution in [-0.2, 0) is 0 Å². The molecule has 0 spiro atoms. The van der Waals surface area contributed by atoms with Crippen molar-refractivity contribution >= 4 is 32.3 Å². The SMILES string of the molecule is Cc1ccc(-n2c(=O)ccc3c(C(=O)c4ccccc4)c(NC4CNC4)sc32)cc1. The van der Waals surface area contributed by atoms with E-state index in [2.05, 4.69) is 10.6 Å². The van der Waals surface area contributed by atoms with E-state index in [4.69, 9.17) is 0 Å². The van der Waals surface area contributed by atoms with Crippen LogP contribution in [-0.4, -0.2) is 29.5 Å². The number of pyridine rings is 1. The molecule has 5 rings (SSSR count). The van der Waals surface area contributed by atoms with E-state index >= 15 is 0 Å². The number of rotatable bonds is 5. The molecule has 150 valence electrons. The van der Waals surface area contributed by atoms with Gasteiger partial charge in [-0.25, -0.2) is 0 Å². The highest BCUT2D eigenvalue weighted by Gasteiger charge is 2.26. The average Bonchev–Trinajstić information content (AvgIpc) is 3.10. The number of hydrogen-bond donors (Lipinski definition) is 2. The zero-order valence-electron chi connectivity index (χ0n) is 16.5. The highest BCUT2D eigenvalue weighted by Crippen LogP contribution is 2.38. The van der Waals surface area contributed by atoms with Gasteiger partial charge in [0, 0.05) is 30.1 Å². The molecule has 2 aromatic carbocycles. The van der Waals surface area contributed by atoms with Gasteiger partial charge in [0.2, 0.25) is 0 Å². The van der Waals surface area contributed by atoms with Crippen LogP contribution in [0, 0.1) is 6.92 Å². The molecule has 0 unspecified atom stereocenters. The highest BCUT2D eigenvalue weighted by molar-refractivity contribution is 7.23. The number of nitrogens with one attached hydrogen (secondary N) is 2. The van der Waals surface area contributed by atoms with Crippen molar-refractivity contribution in [1.82, 2.24) is 9.88 Å². The van der Waals surface area contributed by atoms with Crippen molar-refractivity contribution in [3.05, 3.63) is 93.8 Å². The van der Waals surface area contributed by atoms with Crippen molar-refractivity contribution in [1.29, 1.82) is 0 Å². The van der Waals surface area contributed by atoms with Gasteiger partial charge >= 0.3 is 0 Å². The van der Waals surface area contributed by atoms with Gasteiger partial charge in [-0.1, -0.05) is 59.4 Å². The summed E-state index contributed by atoms with van der Waals surface area (Å²) in [6.07, 6.45) is 0. The van der Waals surface area contributed by atoms with E-state index in [-0.39, 0.29) is 17.4 Å². The summed E-state index contributed by atoms with van der Waals surface area (Å²) in [5, 5.41) is 8.38. The predicted octanol–water partition coefficient (Wildman–Crippen LogP) is 3.98. The van der Waals surface area contributed by atoms with Crippen LogP contribution >= 0.6 is 11.3 Å². The fourth-order valence-electron chi connectivity index (χ4n) is 3.66. The average molecular weight is 416 g/mol. The third-order valence-electron chi connectivity index (χ3n) is 5.41. The number of hydrogen-bond acceptors (Lipinski definition) is 5. The normalized spacial score (nSPS) is 13.9. The summed E-state index contributed by atoms with van der Waals surface area (Å²) >= 11 is 1.47. The number of benzene rings is 2. The molecule has 6 heteroatoms. The van der Waals surface area contributed by atoms with E-state index < -0.39 is 0 Å². The summed E-state index contributed by atoms with van der Waals surface area (Å²) in [5.74, 6) is -0.0364. The fraction of sp³-hybridized carbons (Fsp3) is 0.167. The number of ketones is 1. The van der Waals surface area contributed by atoms with Gasteiger partial charge in [0.15, 0.2) is 5.78 Å². The molecule has 1 fully saturated rings. The molecular weight excluding hydrogens is 394 g/mol. The quantitative estimate of drug-likeness (QED) is 0.484. The minimum atomic E-state index is -0.108. The second-order valence-electron chi connectivity index (χ2n) is 7.56. The number of anilines is 1. The van der Waals surface area contributed by atoms with E-state index in [1.54, 1.807) is 16.7 Å². The van der Waals surface area contributed by atoms with Gasteiger partial charge in [-0.05, 0) is 25.1 Å². The Morgan fingerprint density at radius 3 is 2.43 bits per heavy atom. The van der Waals surface area contributed by atoms with E-state index in [0.29, 0.717) is 11.1 Å². The maximum atomic E-state index is 13.5. The lowest BCUT2D eigenvalue weighted by Gasteiger charge is -2.28. The summed E-state index contributed by atoms with van der Waals surface area (Å²) in [5.41, 5.74) is 3.09. The molecule has 5 nitrogen and oxygen atoms in total. The van der Waals surface area contributed by atoms with E-state index in [1.807, 2.05) is 61.5 Å². The number of carbonyl (C=O) groups is 1. The van der Waals surface area contributed by atoms with E-state index in [1.165, 1.54) is 11.3 Å². The first-order chi connectivity index (χ1) is 14.6. The Kier molecular flexibility index (Phi) is 4.73. The summed E-state index contributed by atoms with van der Waals surface area (Å²) in [6, 6.07) is 20.8. The molecule has 0 atom stereocenters. The van der Waals surface area contributed by atoms with Gasteiger partial charge < -0.3 is 10.6 Å². The lowest BCUT2D eigenvalue weighted by Crippen LogP contribution is -2.51. The number of carbonyl (C=O) groups excluding carboxylic acids is 1. The van der Waals surface area contributed by atoms with Crippen LogP contribution in [0.25, 0.3) is 15.9 Å². The van der Waals surface area contributed by atoms with E-state index in [9.17, 15) is 9.59 Å². The predicted molar refractivity (Wildman–Crippen MR) is 122 cm³/mol. The largest absolute Gasteiger partial charge is 0.371 e. The first-order valence-electron chi connectivity index (χ1n) is 9.94. The molecule has 30 heavy (non-hydrogen) atoms. The Balaban J connectivity index is 1.74. The Bertz CT molecular complexity index is 1290. The lowest BCUT2D eigenvalue weighted by atomic mass is 10.0. The van der Waals surface area contributed by atoms with Crippen molar-refractivity contribution in [2.24, 2.45) is 0 Å². The molecule has 4 aromatic rings. The Hall–Kier alpha value is -3.22. The van der Waals surface area contributed by atoms with Crippen molar-refractivity contribution in [3.8, 4) is 5.69 Å². The van der Waals surface area contributed by atoms with Crippen LogP contribution in [0.3, 0.4) is 0 Å². The van der Waals surface area contributed by atoms with Crippen LogP contribution in [0.2, 0.25) is 0 Å². The van der Waals surface area contributed by atoms with Crippen LogP contribution < -0.4 is 16.2 Å². The first kappa shape index (κ1) is 18.8. The maximum Gasteiger partial charge on any atom is 0.256 e. The molecule has 0 amide bonds. The third kappa shape index (κ3) is 3.24. The molecule has 0 radical (unpaired) electrons. The zero-order valence-corrected chi connectivity index (χ0v) is 17.3. The van der Waals surface area contributed by atoms with Gasteiger partial charge in [-0.15, -0.1) is 0 Å². The molecule has 2 aromatic heterocycles. The number of nitrogens with zero attached hydrogens (tertiary/aromatic N) is 1. The number of fused-ring (bicyclic) bond motifs is 1. The summed E-state index contributed by atoms with van der Waals surface area (Å²) < 4.78 is 1.70. The first-order valence-corrected chi connectivity index (χ1v) is 10.8. The van der Waals surface area contributed by atoms with E-state index in [0.717, 1.165) is 39.6 Å². The number of thiophene rings is 1. The summed E-state index contributed by atoms with van der Waals surface area (Å²) in [4.78, 5) is 27.1. The second-order valence-corrected chi connectivity index (χ2v) is 8.56. The van der Waals surface area contributed by atoms with Crippen LogP contribution in [0.15, 0.2) is 71.5 Å². The van der Waals surface area contributed by atoms with Crippen molar-refractivity contribution in [2.45, 2.75) is 13.0 Å². The van der Waals surface area contributed by atoms with Crippen LogP contribution in [0.4, 0.5) is 5.00 Å². The van der Waals surface area contributed by atoms with Gasteiger partial charge in [-0.2, -0.15) is 0 Å². The Morgan fingerprint density at radius 1 is 1.03 bits per heavy atom. The molecule has 3 heterocycles. The number of aryl methyl sites for hydroxylation is 1. The number of aromatic nitrogens is 1. The summed E-state index contributed by atoms with van der Waals surface area (Å²) in [7, 11) is 0. The van der Waals surface area contributed by atoms with Crippen molar-refractivity contribution in [2.75, 3.05) is 18.4 Å². The van der Waals surface area contributed by atoms with Crippen LogP contribution in [0.1, 0.15) is 21.5 Å². The topological polar surface area (TPSA) is 63.1 Å². The Labute approximate surface area is 178 Å². The van der Waals surface area contributed by atoms with Crippen molar-refractivity contribution < 1.29 is 4.79 Å². The minimum Gasteiger partial charge on any atom is -0.371 e. The maximum absolute atomic E-state index is 13.5. The highest BCUT2D eigenvalue weighted by atomic mass is 32.1. The molecule has 2 N–H and O–H groups in total. The van der Waals surface area contributed by atoms with Gasteiger partial charge in [0.25, 0.3) is 5.56 Å². The smallest absolute Gasteiger partial charge is 0.256 e. The molecule has 1 saturated heterocycles. The van der Waals surface area contributed by atoms with Crippen LogP contribution in [0.5, 0.6) is 0 Å². The zero-order chi connectivity index (χ0) is 20.7. The van der Waals surface area contributed by atoms with Gasteiger partial charge in [0.1, 0.15) is 9.83 Å². The molecule has 1 aliphatic heterocycles. The van der Waals surface area contributed by atoms with Gasteiger partial charge in [-0.3, -0.25) is 14.2 Å². The standard InChI is InChI=1S/C24H21N3O2S/c1-15-7-9-18(10-8-15)27-20(28)12-11-19-21(22(29)16-5-3-2-4-6-16)23(30-24(19)27)26-17-13-25-14-17/h2-12,17,25-26H,13-14H2,1H3. The fourth-order valence-corrected chi connectivity index (χ4v) is 4.95. The van der Waals surface area contributed by atoms with Crippen molar-refractivity contribution in [3.63, 3.8) is 0 Å². The third-order valence-corrected chi connectivity index (χ3v) is 6.54. The van der Waals surface area contributed by atoms with Gasteiger partial charge in [0.05, 0.1) is 17.3 Å².